The van der Waals surface area contributed by atoms with E-state index in [0.717, 1.165) is 25.0 Å². The van der Waals surface area contributed by atoms with E-state index in [0.29, 0.717) is 11.2 Å². The summed E-state index contributed by atoms with van der Waals surface area (Å²) in [6, 6.07) is 3.83. The van der Waals surface area contributed by atoms with Gasteiger partial charge in [0.25, 0.3) is 0 Å². The Labute approximate surface area is 117 Å². The summed E-state index contributed by atoms with van der Waals surface area (Å²) in [5, 5.41) is 6.67. The van der Waals surface area contributed by atoms with Crippen molar-refractivity contribution in [3.8, 4) is 0 Å². The van der Waals surface area contributed by atoms with Crippen LogP contribution in [0.4, 0.5) is 8.78 Å². The second-order valence-corrected chi connectivity index (χ2v) is 5.31. The van der Waals surface area contributed by atoms with Crippen molar-refractivity contribution >= 4 is 17.3 Å². The van der Waals surface area contributed by atoms with Crippen molar-refractivity contribution in [2.45, 2.75) is 44.7 Å². The number of thiocarbonyl (C=S) groups is 1. The number of hydrogen-bond donors (Lipinski definition) is 2. The van der Waals surface area contributed by atoms with Crippen LogP contribution < -0.4 is 10.6 Å². The number of hydrogen-bond acceptors (Lipinski definition) is 1. The van der Waals surface area contributed by atoms with Gasteiger partial charge in [-0.2, -0.15) is 0 Å². The van der Waals surface area contributed by atoms with Crippen molar-refractivity contribution < 1.29 is 8.78 Å². The van der Waals surface area contributed by atoms with Crippen molar-refractivity contribution in [2.75, 3.05) is 0 Å². The predicted molar refractivity (Wildman–Crippen MR) is 75.8 cm³/mol. The molecule has 0 bridgehead atoms. The third kappa shape index (κ3) is 4.42. The summed E-state index contributed by atoms with van der Waals surface area (Å²) < 4.78 is 26.4. The van der Waals surface area contributed by atoms with E-state index in [4.69, 9.17) is 12.2 Å². The molecule has 5 heteroatoms. The van der Waals surface area contributed by atoms with Crippen molar-refractivity contribution in [3.05, 3.63) is 35.4 Å². The standard InChI is InChI=1S/C14H18F2N2S/c15-11-6-7-13(16)10(8-11)9-17-14(19)18-12-4-2-1-3-5-12/h6-8,12H,1-5,9H2,(H2,17,18,19). The van der Waals surface area contributed by atoms with Gasteiger partial charge in [0.2, 0.25) is 0 Å². The first-order valence-corrected chi connectivity index (χ1v) is 7.04. The van der Waals surface area contributed by atoms with Crippen molar-refractivity contribution in [3.63, 3.8) is 0 Å². The SMILES string of the molecule is Fc1ccc(F)c(CNC(=S)NC2CCCCC2)c1. The molecule has 1 saturated carbocycles. The first-order valence-electron chi connectivity index (χ1n) is 6.63. The smallest absolute Gasteiger partial charge is 0.166 e. The fourth-order valence-electron chi connectivity index (χ4n) is 2.34. The van der Waals surface area contributed by atoms with E-state index >= 15 is 0 Å². The summed E-state index contributed by atoms with van der Waals surface area (Å²) in [7, 11) is 0. The molecule has 104 valence electrons. The van der Waals surface area contributed by atoms with Crippen LogP contribution in [-0.4, -0.2) is 11.2 Å². The van der Waals surface area contributed by atoms with Crippen LogP contribution in [0.3, 0.4) is 0 Å². The zero-order valence-electron chi connectivity index (χ0n) is 10.7. The Morgan fingerprint density at radius 3 is 2.68 bits per heavy atom. The second-order valence-electron chi connectivity index (χ2n) is 4.90. The van der Waals surface area contributed by atoms with Gasteiger partial charge in [0.1, 0.15) is 11.6 Å². The summed E-state index contributed by atoms with van der Waals surface area (Å²) in [6.45, 7) is 0.197. The van der Waals surface area contributed by atoms with Crippen LogP contribution in [0.5, 0.6) is 0 Å². The summed E-state index contributed by atoms with van der Waals surface area (Å²) in [5.41, 5.74) is 0.285. The Bertz CT molecular complexity index is 445. The molecule has 2 rings (SSSR count). The molecule has 1 fully saturated rings. The topological polar surface area (TPSA) is 24.1 Å². The molecule has 0 radical (unpaired) electrons. The van der Waals surface area contributed by atoms with Gasteiger partial charge in [0.05, 0.1) is 0 Å². The molecule has 0 unspecified atom stereocenters. The first-order chi connectivity index (χ1) is 9.15. The van der Waals surface area contributed by atoms with Crippen LogP contribution in [-0.2, 0) is 6.54 Å². The fraction of sp³-hybridized carbons (Fsp3) is 0.500. The molecule has 0 aliphatic heterocycles. The van der Waals surface area contributed by atoms with Crippen LogP contribution in [0, 0.1) is 11.6 Å². The van der Waals surface area contributed by atoms with Crippen LogP contribution >= 0.6 is 12.2 Å². The van der Waals surface area contributed by atoms with E-state index in [2.05, 4.69) is 10.6 Å². The molecule has 0 amide bonds. The maximum absolute atomic E-state index is 13.4. The molecule has 0 heterocycles. The molecular formula is C14H18F2N2S. The summed E-state index contributed by atoms with van der Waals surface area (Å²) in [6.07, 6.45) is 5.97. The average molecular weight is 284 g/mol. The molecule has 1 aliphatic rings. The number of benzene rings is 1. The lowest BCUT2D eigenvalue weighted by molar-refractivity contribution is 0.412. The van der Waals surface area contributed by atoms with Crippen molar-refractivity contribution in [1.29, 1.82) is 0 Å². The molecular weight excluding hydrogens is 266 g/mol. The molecule has 1 aromatic carbocycles. The van der Waals surface area contributed by atoms with Gasteiger partial charge in [-0.3, -0.25) is 0 Å². The zero-order valence-corrected chi connectivity index (χ0v) is 11.5. The highest BCUT2D eigenvalue weighted by Crippen LogP contribution is 2.17. The zero-order chi connectivity index (χ0) is 13.7. The minimum Gasteiger partial charge on any atom is -0.360 e. The van der Waals surface area contributed by atoms with Crippen LogP contribution in [0.25, 0.3) is 0 Å². The monoisotopic (exact) mass is 284 g/mol. The van der Waals surface area contributed by atoms with E-state index in [-0.39, 0.29) is 12.1 Å². The van der Waals surface area contributed by atoms with Crippen LogP contribution in [0.15, 0.2) is 18.2 Å². The average Bonchev–Trinajstić information content (AvgIpc) is 2.41. The predicted octanol–water partition coefficient (Wildman–Crippen LogP) is 3.26. The Balaban J connectivity index is 1.81. The molecule has 2 nitrogen and oxygen atoms in total. The molecule has 1 aromatic rings. The maximum atomic E-state index is 13.4. The molecule has 0 atom stereocenters. The number of rotatable bonds is 3. The van der Waals surface area contributed by atoms with Gasteiger partial charge in [-0.1, -0.05) is 19.3 Å². The molecule has 2 N–H and O–H groups in total. The highest BCUT2D eigenvalue weighted by molar-refractivity contribution is 7.80. The fourth-order valence-corrected chi connectivity index (χ4v) is 2.58. The normalized spacial score (nSPS) is 16.1. The van der Waals surface area contributed by atoms with Gasteiger partial charge in [-0.15, -0.1) is 0 Å². The summed E-state index contributed by atoms with van der Waals surface area (Å²) in [4.78, 5) is 0. The van der Waals surface area contributed by atoms with E-state index in [1.165, 1.54) is 25.3 Å². The van der Waals surface area contributed by atoms with E-state index in [9.17, 15) is 8.78 Å². The Morgan fingerprint density at radius 1 is 1.21 bits per heavy atom. The first kappa shape index (κ1) is 14.2. The highest BCUT2D eigenvalue weighted by atomic mass is 32.1. The minimum atomic E-state index is -0.440. The Hall–Kier alpha value is -1.23. The Morgan fingerprint density at radius 2 is 1.95 bits per heavy atom. The van der Waals surface area contributed by atoms with E-state index < -0.39 is 11.6 Å². The van der Waals surface area contributed by atoms with Crippen LogP contribution in [0.2, 0.25) is 0 Å². The molecule has 0 aromatic heterocycles. The molecule has 19 heavy (non-hydrogen) atoms. The lowest BCUT2D eigenvalue weighted by Crippen LogP contribution is -2.42. The lowest BCUT2D eigenvalue weighted by atomic mass is 9.96. The third-order valence-corrected chi connectivity index (χ3v) is 3.65. The molecule has 1 aliphatic carbocycles. The molecule has 0 spiro atoms. The highest BCUT2D eigenvalue weighted by Gasteiger charge is 2.14. The largest absolute Gasteiger partial charge is 0.360 e. The Kier molecular flexibility index (Phi) is 5.07. The summed E-state index contributed by atoms with van der Waals surface area (Å²) >= 11 is 5.17. The van der Waals surface area contributed by atoms with Gasteiger partial charge in [0, 0.05) is 18.2 Å². The van der Waals surface area contributed by atoms with Crippen molar-refractivity contribution in [2.24, 2.45) is 0 Å². The molecule has 0 saturated heterocycles. The lowest BCUT2D eigenvalue weighted by Gasteiger charge is -2.24. The van der Waals surface area contributed by atoms with Crippen molar-refractivity contribution in [1.82, 2.24) is 10.6 Å². The van der Waals surface area contributed by atoms with Crippen LogP contribution in [0.1, 0.15) is 37.7 Å². The van der Waals surface area contributed by atoms with Gasteiger partial charge in [-0.25, -0.2) is 8.78 Å². The van der Waals surface area contributed by atoms with Gasteiger partial charge in [-0.05, 0) is 43.3 Å². The van der Waals surface area contributed by atoms with E-state index in [1.54, 1.807) is 0 Å². The minimum absolute atomic E-state index is 0.197. The quantitative estimate of drug-likeness (QED) is 0.833. The van der Waals surface area contributed by atoms with Gasteiger partial charge in [0.15, 0.2) is 5.11 Å². The number of halogens is 2. The number of nitrogens with one attached hydrogen (secondary N) is 2. The van der Waals surface area contributed by atoms with Gasteiger partial charge >= 0.3 is 0 Å². The maximum Gasteiger partial charge on any atom is 0.166 e. The third-order valence-electron chi connectivity index (χ3n) is 3.39. The van der Waals surface area contributed by atoms with E-state index in [1.807, 2.05) is 0 Å². The summed E-state index contributed by atoms with van der Waals surface area (Å²) in [5.74, 6) is -0.862. The van der Waals surface area contributed by atoms with Gasteiger partial charge < -0.3 is 10.6 Å². The second kappa shape index (κ2) is 6.80.